The molecule has 0 aliphatic carbocycles. The van der Waals surface area contributed by atoms with Gasteiger partial charge in [0.15, 0.2) is 0 Å². The van der Waals surface area contributed by atoms with E-state index in [1.54, 1.807) is 36.4 Å². The topological polar surface area (TPSA) is 82.0 Å². The second-order valence-electron chi connectivity index (χ2n) is 10.9. The van der Waals surface area contributed by atoms with Crippen LogP contribution in [0.5, 0.6) is 0 Å². The number of aliphatic carboxylic acids is 1. The molecule has 4 aromatic rings. The molecule has 1 fully saturated rings. The number of aliphatic imine (C=N–C) groups is 1. The monoisotopic (exact) mass is 681 g/mol. The number of hydrogen-bond donors (Lipinski definition) is 2. The first-order valence-electron chi connectivity index (χ1n) is 14.6. The van der Waals surface area contributed by atoms with E-state index in [2.05, 4.69) is 10.2 Å². The van der Waals surface area contributed by atoms with Crippen LogP contribution < -0.4 is 5.32 Å². The van der Waals surface area contributed by atoms with E-state index in [4.69, 9.17) is 51.4 Å². The number of carboxylic acids is 1. The molecule has 232 valence electrons. The summed E-state index contributed by atoms with van der Waals surface area (Å²) in [4.78, 5) is 33.1. The second-order valence-corrected chi connectivity index (χ2v) is 12.6. The Morgan fingerprint density at radius 3 is 2.29 bits per heavy atom. The highest BCUT2D eigenvalue weighted by Gasteiger charge is 2.31. The highest BCUT2D eigenvalue weighted by Crippen LogP contribution is 2.29. The van der Waals surface area contributed by atoms with Crippen molar-refractivity contribution in [2.45, 2.75) is 44.3 Å². The predicted molar refractivity (Wildman–Crippen MR) is 183 cm³/mol. The number of aryl methyl sites for hydroxylation is 1. The normalized spacial score (nSPS) is 16.0. The van der Waals surface area contributed by atoms with Crippen LogP contribution in [0, 0.1) is 0 Å². The molecule has 1 saturated heterocycles. The Morgan fingerprint density at radius 2 is 1.58 bits per heavy atom. The molecule has 0 radical (unpaired) electrons. The summed E-state index contributed by atoms with van der Waals surface area (Å²) in [5.41, 5.74) is 4.09. The summed E-state index contributed by atoms with van der Waals surface area (Å²) in [5.74, 6) is -1.21. The summed E-state index contributed by atoms with van der Waals surface area (Å²) < 4.78 is 0. The fraction of sp³-hybridized carbons (Fsp3) is 0.229. The minimum absolute atomic E-state index is 0.166. The third-order valence-electron chi connectivity index (χ3n) is 7.77. The quantitative estimate of drug-likeness (QED) is 0.155. The van der Waals surface area contributed by atoms with E-state index in [1.165, 1.54) is 0 Å². The van der Waals surface area contributed by atoms with E-state index in [0.29, 0.717) is 62.0 Å². The zero-order valence-electron chi connectivity index (χ0n) is 24.2. The molecule has 4 aromatic carbocycles. The number of hydrogen-bond acceptors (Lipinski definition) is 4. The second kappa shape index (κ2) is 15.3. The standard InChI is InChI=1S/C35H31Cl4N3O3/c36-25-12-8-22(9-13-25)11-16-31(35(44)45)40-33(24-5-2-1-3-6-24)27-20-26(37)14-17-30(27)41-34(43)32-7-4-18-42(32)21-23-10-15-28(38)29(39)19-23/h1-3,5-6,8-10,12-15,17,19-20,31-32H,4,7,11,16,18,21H2,(H,41,43)(H,44,45)/t31-,32-/m0/s1. The van der Waals surface area contributed by atoms with Crippen molar-refractivity contribution in [3.8, 4) is 0 Å². The lowest BCUT2D eigenvalue weighted by molar-refractivity contribution is -0.138. The Labute approximate surface area is 282 Å². The number of likely N-dealkylation sites (tertiary alicyclic amines) is 1. The SMILES string of the molecule is O=C(O)[C@H](CCc1ccc(Cl)cc1)N=C(c1ccccc1)c1cc(Cl)ccc1NC(=O)[C@@H]1CCCN1Cc1ccc(Cl)c(Cl)c1. The molecule has 2 N–H and O–H groups in total. The van der Waals surface area contributed by atoms with Gasteiger partial charge in [0.05, 0.1) is 27.5 Å². The van der Waals surface area contributed by atoms with Gasteiger partial charge in [0.2, 0.25) is 5.91 Å². The number of anilines is 1. The van der Waals surface area contributed by atoms with Crippen LogP contribution in [0.1, 0.15) is 41.5 Å². The number of halogens is 4. The first-order valence-corrected chi connectivity index (χ1v) is 16.1. The van der Waals surface area contributed by atoms with Crippen molar-refractivity contribution in [3.05, 3.63) is 133 Å². The molecule has 1 aliphatic heterocycles. The molecule has 5 rings (SSSR count). The zero-order chi connectivity index (χ0) is 31.9. The van der Waals surface area contributed by atoms with Crippen molar-refractivity contribution in [3.63, 3.8) is 0 Å². The first-order chi connectivity index (χ1) is 21.7. The zero-order valence-corrected chi connectivity index (χ0v) is 27.3. The van der Waals surface area contributed by atoms with Crippen molar-refractivity contribution in [1.29, 1.82) is 0 Å². The van der Waals surface area contributed by atoms with Gasteiger partial charge in [-0.25, -0.2) is 4.79 Å². The van der Waals surface area contributed by atoms with Crippen LogP contribution in [0.4, 0.5) is 5.69 Å². The van der Waals surface area contributed by atoms with Gasteiger partial charge in [-0.1, -0.05) is 94.9 Å². The molecule has 10 heteroatoms. The molecule has 1 amide bonds. The molecule has 0 spiro atoms. The number of rotatable bonds is 11. The van der Waals surface area contributed by atoms with Gasteiger partial charge in [-0.15, -0.1) is 0 Å². The van der Waals surface area contributed by atoms with Crippen LogP contribution in [-0.2, 0) is 22.6 Å². The van der Waals surface area contributed by atoms with Gasteiger partial charge in [0.1, 0.15) is 6.04 Å². The van der Waals surface area contributed by atoms with Crippen molar-refractivity contribution in [1.82, 2.24) is 4.90 Å². The smallest absolute Gasteiger partial charge is 0.328 e. The molecule has 1 heterocycles. The molecule has 1 aliphatic rings. The van der Waals surface area contributed by atoms with Crippen LogP contribution in [-0.4, -0.2) is 46.2 Å². The molecule has 0 saturated carbocycles. The van der Waals surface area contributed by atoms with Gasteiger partial charge in [0.25, 0.3) is 0 Å². The lowest BCUT2D eigenvalue weighted by Gasteiger charge is -2.25. The number of amides is 1. The van der Waals surface area contributed by atoms with Crippen molar-refractivity contribution in [2.75, 3.05) is 11.9 Å². The van der Waals surface area contributed by atoms with E-state index >= 15 is 0 Å². The summed E-state index contributed by atoms with van der Waals surface area (Å²) in [6, 6.07) is 25.8. The number of carbonyl (C=O) groups is 2. The number of nitrogens with zero attached hydrogens (tertiary/aromatic N) is 2. The average Bonchev–Trinajstić information content (AvgIpc) is 3.49. The number of nitrogens with one attached hydrogen (secondary N) is 1. The number of benzene rings is 4. The van der Waals surface area contributed by atoms with E-state index in [1.807, 2.05) is 54.6 Å². The summed E-state index contributed by atoms with van der Waals surface area (Å²) in [6.07, 6.45) is 2.33. The average molecular weight is 683 g/mol. The van der Waals surface area contributed by atoms with E-state index in [0.717, 1.165) is 24.1 Å². The van der Waals surface area contributed by atoms with Crippen molar-refractivity contribution < 1.29 is 14.7 Å². The van der Waals surface area contributed by atoms with Gasteiger partial charge < -0.3 is 10.4 Å². The van der Waals surface area contributed by atoms with Crippen LogP contribution in [0.25, 0.3) is 0 Å². The Bertz CT molecular complexity index is 1700. The largest absolute Gasteiger partial charge is 0.480 e. The Hall–Kier alpha value is -3.39. The molecule has 45 heavy (non-hydrogen) atoms. The number of carboxylic acid groups (broad SMARTS) is 1. The van der Waals surface area contributed by atoms with E-state index < -0.39 is 12.0 Å². The van der Waals surface area contributed by atoms with Gasteiger partial charge in [-0.2, -0.15) is 0 Å². The molecule has 6 nitrogen and oxygen atoms in total. The first kappa shape index (κ1) is 33.0. The highest BCUT2D eigenvalue weighted by molar-refractivity contribution is 6.42. The summed E-state index contributed by atoms with van der Waals surface area (Å²) in [5, 5.41) is 15.3. The van der Waals surface area contributed by atoms with Crippen LogP contribution in [0.15, 0.2) is 96.0 Å². The number of carbonyl (C=O) groups excluding carboxylic acids is 1. The van der Waals surface area contributed by atoms with Gasteiger partial charge in [-0.3, -0.25) is 14.7 Å². The van der Waals surface area contributed by atoms with Crippen molar-refractivity contribution >= 4 is 69.7 Å². The molecular formula is C35H31Cl4N3O3. The summed E-state index contributed by atoms with van der Waals surface area (Å²) >= 11 is 24.8. The minimum atomic E-state index is -1.05. The fourth-order valence-corrected chi connectivity index (χ4v) is 6.09. The van der Waals surface area contributed by atoms with Crippen LogP contribution >= 0.6 is 46.4 Å². The summed E-state index contributed by atoms with van der Waals surface area (Å²) in [7, 11) is 0. The summed E-state index contributed by atoms with van der Waals surface area (Å²) in [6.45, 7) is 1.31. The third kappa shape index (κ3) is 8.66. The maximum atomic E-state index is 13.8. The van der Waals surface area contributed by atoms with Crippen LogP contribution in [0.2, 0.25) is 20.1 Å². The molecule has 0 bridgehead atoms. The maximum absolute atomic E-state index is 13.8. The lowest BCUT2D eigenvalue weighted by atomic mass is 9.98. The molecular weight excluding hydrogens is 652 g/mol. The maximum Gasteiger partial charge on any atom is 0.328 e. The Balaban J connectivity index is 1.44. The molecule has 2 atom stereocenters. The van der Waals surface area contributed by atoms with Gasteiger partial charge >= 0.3 is 5.97 Å². The minimum Gasteiger partial charge on any atom is -0.480 e. The molecule has 0 unspecified atom stereocenters. The Kier molecular flexibility index (Phi) is 11.2. The Morgan fingerprint density at radius 1 is 0.867 bits per heavy atom. The van der Waals surface area contributed by atoms with E-state index in [-0.39, 0.29) is 18.4 Å². The predicted octanol–water partition coefficient (Wildman–Crippen LogP) is 8.83. The van der Waals surface area contributed by atoms with E-state index in [9.17, 15) is 14.7 Å². The van der Waals surface area contributed by atoms with Crippen molar-refractivity contribution in [2.24, 2.45) is 4.99 Å². The van der Waals surface area contributed by atoms with Gasteiger partial charge in [-0.05, 0) is 85.8 Å². The highest BCUT2D eigenvalue weighted by atomic mass is 35.5. The molecule has 0 aromatic heterocycles. The fourth-order valence-electron chi connectivity index (χ4n) is 5.47. The van der Waals surface area contributed by atoms with Crippen LogP contribution in [0.3, 0.4) is 0 Å². The lowest BCUT2D eigenvalue weighted by Crippen LogP contribution is -2.39. The van der Waals surface area contributed by atoms with Gasteiger partial charge in [0, 0.05) is 27.7 Å². The third-order valence-corrected chi connectivity index (χ3v) is 8.99.